The molecule has 0 bridgehead atoms. The van der Waals surface area contributed by atoms with Gasteiger partial charge in [-0.1, -0.05) is 6.07 Å². The van der Waals surface area contributed by atoms with Crippen LogP contribution in [0.15, 0.2) is 42.9 Å². The highest BCUT2D eigenvalue weighted by molar-refractivity contribution is 5.49. The summed E-state index contributed by atoms with van der Waals surface area (Å²) in [5, 5.41) is 0. The molecule has 1 spiro atoms. The standard InChI is InChI=1S/C23H27F3N4O/c1-16-13-29(7-8-31-16)21(17-3-2-6-27-11-17)18-9-22(10-18)14-30(15-22)19-4-5-20(28-12-19)23(24,25)26/h2-6,11-12,16,18,21H,7-10,13-15H2,1H3. The Morgan fingerprint density at radius 2 is 1.97 bits per heavy atom. The number of rotatable bonds is 4. The van der Waals surface area contributed by atoms with Gasteiger partial charge in [-0.05, 0) is 49.4 Å². The number of pyridine rings is 2. The van der Waals surface area contributed by atoms with Crippen LogP contribution in [0.4, 0.5) is 18.9 Å². The number of halogens is 3. The molecule has 2 atom stereocenters. The van der Waals surface area contributed by atoms with E-state index < -0.39 is 11.9 Å². The molecule has 3 aliphatic rings. The first kappa shape index (κ1) is 20.7. The Hall–Kier alpha value is -2.19. The van der Waals surface area contributed by atoms with E-state index in [1.807, 2.05) is 18.5 Å². The highest BCUT2D eigenvalue weighted by Gasteiger charge is 2.55. The minimum Gasteiger partial charge on any atom is -0.376 e. The monoisotopic (exact) mass is 432 g/mol. The molecule has 166 valence electrons. The van der Waals surface area contributed by atoms with Crippen molar-refractivity contribution in [3.63, 3.8) is 0 Å². The fourth-order valence-electron chi connectivity index (χ4n) is 5.65. The maximum atomic E-state index is 12.7. The summed E-state index contributed by atoms with van der Waals surface area (Å²) in [5.41, 5.74) is 1.47. The van der Waals surface area contributed by atoms with Crippen molar-refractivity contribution in [2.75, 3.05) is 37.7 Å². The van der Waals surface area contributed by atoms with Gasteiger partial charge in [-0.25, -0.2) is 4.98 Å². The molecule has 2 saturated heterocycles. The van der Waals surface area contributed by atoms with Crippen LogP contribution in [-0.4, -0.2) is 53.8 Å². The van der Waals surface area contributed by atoms with E-state index in [2.05, 4.69) is 32.8 Å². The van der Waals surface area contributed by atoms with Crippen LogP contribution in [0.2, 0.25) is 0 Å². The first-order chi connectivity index (χ1) is 14.8. The van der Waals surface area contributed by atoms with Crippen LogP contribution < -0.4 is 4.90 Å². The fourth-order valence-corrected chi connectivity index (χ4v) is 5.65. The van der Waals surface area contributed by atoms with Crippen molar-refractivity contribution in [2.45, 2.75) is 38.1 Å². The molecule has 31 heavy (non-hydrogen) atoms. The van der Waals surface area contributed by atoms with Crippen LogP contribution in [0.25, 0.3) is 0 Å². The Bertz CT molecular complexity index is 891. The van der Waals surface area contributed by atoms with E-state index in [1.165, 1.54) is 17.8 Å². The molecule has 1 saturated carbocycles. The number of ether oxygens (including phenoxy) is 1. The molecular weight excluding hydrogens is 405 g/mol. The summed E-state index contributed by atoms with van der Waals surface area (Å²) in [6.07, 6.45) is 3.23. The van der Waals surface area contributed by atoms with Crippen molar-refractivity contribution in [3.05, 3.63) is 54.1 Å². The molecule has 0 amide bonds. The molecule has 3 fully saturated rings. The lowest BCUT2D eigenvalue weighted by atomic mass is 9.55. The van der Waals surface area contributed by atoms with Gasteiger partial charge in [0.1, 0.15) is 5.69 Å². The molecule has 2 aliphatic heterocycles. The second-order valence-corrected chi connectivity index (χ2v) is 9.33. The van der Waals surface area contributed by atoms with Crippen LogP contribution in [0.1, 0.15) is 37.1 Å². The maximum absolute atomic E-state index is 12.7. The third-order valence-electron chi connectivity index (χ3n) is 6.98. The van der Waals surface area contributed by atoms with Gasteiger partial charge in [0.25, 0.3) is 0 Å². The smallest absolute Gasteiger partial charge is 0.376 e. The molecule has 2 aromatic rings. The van der Waals surface area contributed by atoms with Gasteiger partial charge in [0.2, 0.25) is 0 Å². The molecule has 2 aromatic heterocycles. The second kappa shape index (κ2) is 7.74. The van der Waals surface area contributed by atoms with E-state index in [0.29, 0.717) is 12.0 Å². The van der Waals surface area contributed by atoms with Gasteiger partial charge in [0.05, 0.1) is 24.6 Å². The van der Waals surface area contributed by atoms with Crippen molar-refractivity contribution < 1.29 is 17.9 Å². The van der Waals surface area contributed by atoms with E-state index in [0.717, 1.165) is 57.4 Å². The van der Waals surface area contributed by atoms with E-state index in [1.54, 1.807) is 0 Å². The van der Waals surface area contributed by atoms with Crippen molar-refractivity contribution in [3.8, 4) is 0 Å². The van der Waals surface area contributed by atoms with Gasteiger partial charge in [0, 0.05) is 50.0 Å². The first-order valence-electron chi connectivity index (χ1n) is 10.9. The quantitative estimate of drug-likeness (QED) is 0.725. The molecule has 0 radical (unpaired) electrons. The average molecular weight is 432 g/mol. The number of alkyl halides is 3. The summed E-state index contributed by atoms with van der Waals surface area (Å²) in [6, 6.07) is 7.12. The SMILES string of the molecule is CC1CN(C(c2cccnc2)C2CC3(C2)CN(c2ccc(C(F)(F)F)nc2)C3)CCO1. The zero-order valence-electron chi connectivity index (χ0n) is 17.6. The van der Waals surface area contributed by atoms with Crippen LogP contribution in [0.3, 0.4) is 0 Å². The summed E-state index contributed by atoms with van der Waals surface area (Å²) < 4.78 is 44.0. The van der Waals surface area contributed by atoms with Gasteiger partial charge in [-0.2, -0.15) is 13.2 Å². The van der Waals surface area contributed by atoms with E-state index in [9.17, 15) is 13.2 Å². The predicted octanol–water partition coefficient (Wildman–Crippen LogP) is 4.17. The van der Waals surface area contributed by atoms with Crippen LogP contribution in [0.5, 0.6) is 0 Å². The molecular formula is C23H27F3N4O. The topological polar surface area (TPSA) is 41.5 Å². The molecule has 0 N–H and O–H groups in total. The summed E-state index contributed by atoms with van der Waals surface area (Å²) in [7, 11) is 0. The number of anilines is 1. The van der Waals surface area contributed by atoms with Crippen molar-refractivity contribution in [2.24, 2.45) is 11.3 Å². The summed E-state index contributed by atoms with van der Waals surface area (Å²) in [6.45, 7) is 6.50. The molecule has 4 heterocycles. The Kier molecular flexibility index (Phi) is 5.17. The zero-order chi connectivity index (χ0) is 21.6. The van der Waals surface area contributed by atoms with Gasteiger partial charge in [-0.3, -0.25) is 9.88 Å². The van der Waals surface area contributed by atoms with Crippen LogP contribution in [0, 0.1) is 11.3 Å². The number of hydrogen-bond acceptors (Lipinski definition) is 5. The third kappa shape index (κ3) is 4.03. The van der Waals surface area contributed by atoms with Gasteiger partial charge < -0.3 is 9.64 Å². The largest absolute Gasteiger partial charge is 0.433 e. The van der Waals surface area contributed by atoms with E-state index in [-0.39, 0.29) is 11.5 Å². The average Bonchev–Trinajstić information content (AvgIpc) is 2.69. The van der Waals surface area contributed by atoms with Crippen molar-refractivity contribution in [1.82, 2.24) is 14.9 Å². The van der Waals surface area contributed by atoms with E-state index in [4.69, 9.17) is 4.74 Å². The molecule has 8 heteroatoms. The van der Waals surface area contributed by atoms with Gasteiger partial charge in [0.15, 0.2) is 0 Å². The summed E-state index contributed by atoms with van der Waals surface area (Å²) >= 11 is 0. The number of hydrogen-bond donors (Lipinski definition) is 0. The summed E-state index contributed by atoms with van der Waals surface area (Å²) in [4.78, 5) is 12.6. The molecule has 5 rings (SSSR count). The van der Waals surface area contributed by atoms with Crippen LogP contribution >= 0.6 is 0 Å². The molecule has 2 unspecified atom stereocenters. The van der Waals surface area contributed by atoms with Crippen LogP contribution in [-0.2, 0) is 10.9 Å². The van der Waals surface area contributed by atoms with E-state index >= 15 is 0 Å². The minimum absolute atomic E-state index is 0.230. The number of nitrogens with zero attached hydrogens (tertiary/aromatic N) is 4. The lowest BCUT2D eigenvalue weighted by Crippen LogP contribution is -2.64. The Morgan fingerprint density at radius 3 is 2.58 bits per heavy atom. The highest BCUT2D eigenvalue weighted by Crippen LogP contribution is 2.57. The molecule has 0 aromatic carbocycles. The lowest BCUT2D eigenvalue weighted by molar-refractivity contribution is -0.141. The minimum atomic E-state index is -4.39. The zero-order valence-corrected chi connectivity index (χ0v) is 17.6. The Labute approximate surface area is 180 Å². The summed E-state index contributed by atoms with van der Waals surface area (Å²) in [5.74, 6) is 0.558. The Balaban J connectivity index is 1.24. The third-order valence-corrected chi connectivity index (χ3v) is 6.98. The van der Waals surface area contributed by atoms with Crippen molar-refractivity contribution in [1.29, 1.82) is 0 Å². The molecule has 5 nitrogen and oxygen atoms in total. The number of morpholine rings is 1. The normalized spacial score (nSPS) is 25.2. The maximum Gasteiger partial charge on any atom is 0.433 e. The van der Waals surface area contributed by atoms with Gasteiger partial charge in [-0.15, -0.1) is 0 Å². The number of aromatic nitrogens is 2. The highest BCUT2D eigenvalue weighted by atomic mass is 19.4. The fraction of sp³-hybridized carbons (Fsp3) is 0.565. The second-order valence-electron chi connectivity index (χ2n) is 9.33. The molecule has 1 aliphatic carbocycles. The Morgan fingerprint density at radius 1 is 1.16 bits per heavy atom. The predicted molar refractivity (Wildman–Crippen MR) is 111 cm³/mol. The first-order valence-corrected chi connectivity index (χ1v) is 10.9. The lowest BCUT2D eigenvalue weighted by Gasteiger charge is -2.62. The van der Waals surface area contributed by atoms with Gasteiger partial charge >= 0.3 is 6.18 Å². The van der Waals surface area contributed by atoms with Crippen molar-refractivity contribution >= 4 is 5.69 Å².